The molecule has 1 aromatic carbocycles. The molecule has 0 bridgehead atoms. The van der Waals surface area contributed by atoms with Crippen molar-refractivity contribution >= 4 is 23.5 Å². The Morgan fingerprint density at radius 1 is 1.00 bits per heavy atom. The van der Waals surface area contributed by atoms with E-state index in [1.54, 1.807) is 0 Å². The number of hydrazine groups is 1. The number of hydrogen-bond acceptors (Lipinski definition) is 7. The van der Waals surface area contributed by atoms with Crippen molar-refractivity contribution in [2.45, 2.75) is 20.8 Å². The maximum absolute atomic E-state index is 5.43. The van der Waals surface area contributed by atoms with Gasteiger partial charge in [-0.25, -0.2) is 5.84 Å². The standard InChI is InChI=1S/C14H21N7/c1-4-21(5-2)14-18-12(17-13(19-14)20-15)16-11-8-6-10(3)7-9-11/h6-9H,4-5,15H2,1-3H3,(H2,16,17,18,19,20). The molecule has 0 saturated heterocycles. The Bertz CT molecular complexity index is 578. The van der Waals surface area contributed by atoms with Gasteiger partial charge in [0, 0.05) is 18.8 Å². The van der Waals surface area contributed by atoms with Crippen LogP contribution in [0.25, 0.3) is 0 Å². The predicted molar refractivity (Wildman–Crippen MR) is 85.7 cm³/mol. The highest BCUT2D eigenvalue weighted by Gasteiger charge is 2.10. The minimum atomic E-state index is 0.335. The van der Waals surface area contributed by atoms with Gasteiger partial charge < -0.3 is 10.2 Å². The van der Waals surface area contributed by atoms with Crippen LogP contribution in [0.4, 0.5) is 23.5 Å². The zero-order valence-electron chi connectivity index (χ0n) is 12.6. The second-order valence-electron chi connectivity index (χ2n) is 4.59. The summed E-state index contributed by atoms with van der Waals surface area (Å²) in [5.41, 5.74) is 4.59. The van der Waals surface area contributed by atoms with Crippen molar-refractivity contribution in [1.29, 1.82) is 0 Å². The molecule has 0 spiro atoms. The van der Waals surface area contributed by atoms with E-state index in [-0.39, 0.29) is 0 Å². The van der Waals surface area contributed by atoms with Crippen LogP contribution in [-0.2, 0) is 0 Å². The van der Waals surface area contributed by atoms with Gasteiger partial charge in [0.05, 0.1) is 0 Å². The van der Waals surface area contributed by atoms with Gasteiger partial charge in [0.15, 0.2) is 0 Å². The Kier molecular flexibility index (Phi) is 4.89. The van der Waals surface area contributed by atoms with Crippen LogP contribution in [0.15, 0.2) is 24.3 Å². The Morgan fingerprint density at radius 2 is 1.62 bits per heavy atom. The Morgan fingerprint density at radius 3 is 2.19 bits per heavy atom. The summed E-state index contributed by atoms with van der Waals surface area (Å²) >= 11 is 0. The number of nitrogen functional groups attached to an aromatic ring is 1. The molecular formula is C14H21N7. The maximum Gasteiger partial charge on any atom is 0.243 e. The van der Waals surface area contributed by atoms with Gasteiger partial charge in [0.25, 0.3) is 0 Å². The Balaban J connectivity index is 2.29. The summed E-state index contributed by atoms with van der Waals surface area (Å²) in [6.45, 7) is 7.77. The zero-order chi connectivity index (χ0) is 15.2. The fourth-order valence-electron chi connectivity index (χ4n) is 1.90. The number of hydrogen-bond donors (Lipinski definition) is 3. The molecule has 0 saturated carbocycles. The number of nitrogens with one attached hydrogen (secondary N) is 2. The van der Waals surface area contributed by atoms with E-state index in [4.69, 9.17) is 5.84 Å². The van der Waals surface area contributed by atoms with Gasteiger partial charge in [-0.05, 0) is 32.9 Å². The molecule has 1 aromatic heterocycles. The average Bonchev–Trinajstić information content (AvgIpc) is 2.50. The average molecular weight is 287 g/mol. The van der Waals surface area contributed by atoms with Crippen LogP contribution < -0.4 is 21.5 Å². The molecule has 2 aromatic rings. The molecule has 0 aliphatic rings. The van der Waals surface area contributed by atoms with Crippen molar-refractivity contribution in [2.24, 2.45) is 5.84 Å². The zero-order valence-corrected chi connectivity index (χ0v) is 12.6. The number of aromatic nitrogens is 3. The number of nitrogens with two attached hydrogens (primary N) is 1. The number of rotatable bonds is 6. The number of anilines is 4. The van der Waals surface area contributed by atoms with Crippen molar-refractivity contribution in [3.8, 4) is 0 Å². The van der Waals surface area contributed by atoms with E-state index in [1.165, 1.54) is 5.56 Å². The molecule has 2 rings (SSSR count). The molecule has 0 aliphatic carbocycles. The summed E-state index contributed by atoms with van der Waals surface area (Å²) in [6, 6.07) is 8.01. The fourth-order valence-corrected chi connectivity index (χ4v) is 1.90. The summed E-state index contributed by atoms with van der Waals surface area (Å²) in [7, 11) is 0. The lowest BCUT2D eigenvalue weighted by atomic mass is 10.2. The number of nitrogens with zero attached hydrogens (tertiary/aromatic N) is 4. The van der Waals surface area contributed by atoms with E-state index in [0.717, 1.165) is 18.8 Å². The first-order valence-corrected chi connectivity index (χ1v) is 6.97. The number of aryl methyl sites for hydroxylation is 1. The van der Waals surface area contributed by atoms with Crippen LogP contribution in [0.2, 0.25) is 0 Å². The van der Waals surface area contributed by atoms with E-state index in [9.17, 15) is 0 Å². The van der Waals surface area contributed by atoms with E-state index >= 15 is 0 Å². The molecule has 7 nitrogen and oxygen atoms in total. The van der Waals surface area contributed by atoms with Crippen molar-refractivity contribution in [3.63, 3.8) is 0 Å². The summed E-state index contributed by atoms with van der Waals surface area (Å²) in [6.07, 6.45) is 0. The topological polar surface area (TPSA) is 92.0 Å². The lowest BCUT2D eigenvalue weighted by Gasteiger charge is -2.19. The van der Waals surface area contributed by atoms with Gasteiger partial charge in [-0.3, -0.25) is 5.43 Å². The second-order valence-corrected chi connectivity index (χ2v) is 4.59. The first-order chi connectivity index (χ1) is 10.2. The van der Waals surface area contributed by atoms with Crippen molar-refractivity contribution < 1.29 is 0 Å². The summed E-state index contributed by atoms with van der Waals surface area (Å²) < 4.78 is 0. The van der Waals surface area contributed by atoms with Crippen LogP contribution in [0.5, 0.6) is 0 Å². The molecule has 21 heavy (non-hydrogen) atoms. The van der Waals surface area contributed by atoms with E-state index in [0.29, 0.717) is 17.8 Å². The summed E-state index contributed by atoms with van der Waals surface area (Å²) in [5, 5.41) is 3.16. The number of benzene rings is 1. The lowest BCUT2D eigenvalue weighted by Crippen LogP contribution is -2.25. The van der Waals surface area contributed by atoms with E-state index in [1.807, 2.05) is 36.1 Å². The molecule has 0 amide bonds. The highest BCUT2D eigenvalue weighted by molar-refractivity contribution is 5.56. The largest absolute Gasteiger partial charge is 0.341 e. The third kappa shape index (κ3) is 3.79. The summed E-state index contributed by atoms with van der Waals surface area (Å²) in [4.78, 5) is 15.0. The first kappa shape index (κ1) is 15.0. The normalized spacial score (nSPS) is 10.3. The predicted octanol–water partition coefficient (Wildman–Crippen LogP) is 2.06. The van der Waals surface area contributed by atoms with Crippen LogP contribution in [0, 0.1) is 6.92 Å². The second kappa shape index (κ2) is 6.85. The third-order valence-electron chi connectivity index (χ3n) is 3.11. The summed E-state index contributed by atoms with van der Waals surface area (Å²) in [5.74, 6) is 6.83. The molecule has 4 N–H and O–H groups in total. The van der Waals surface area contributed by atoms with Gasteiger partial charge >= 0.3 is 0 Å². The van der Waals surface area contributed by atoms with Crippen LogP contribution in [-0.4, -0.2) is 28.0 Å². The highest BCUT2D eigenvalue weighted by atomic mass is 15.4. The molecular weight excluding hydrogens is 266 g/mol. The van der Waals surface area contributed by atoms with Crippen LogP contribution >= 0.6 is 0 Å². The monoisotopic (exact) mass is 287 g/mol. The first-order valence-electron chi connectivity index (χ1n) is 6.97. The van der Waals surface area contributed by atoms with E-state index < -0.39 is 0 Å². The van der Waals surface area contributed by atoms with E-state index in [2.05, 4.69) is 39.5 Å². The molecule has 0 unspecified atom stereocenters. The minimum absolute atomic E-state index is 0.335. The fraction of sp³-hybridized carbons (Fsp3) is 0.357. The smallest absolute Gasteiger partial charge is 0.243 e. The van der Waals surface area contributed by atoms with Gasteiger partial charge in [-0.15, -0.1) is 0 Å². The lowest BCUT2D eigenvalue weighted by molar-refractivity contribution is 0.814. The van der Waals surface area contributed by atoms with Crippen molar-refractivity contribution in [2.75, 3.05) is 28.7 Å². The quantitative estimate of drug-likeness (QED) is 0.553. The van der Waals surface area contributed by atoms with Crippen LogP contribution in [0.1, 0.15) is 19.4 Å². The molecule has 0 aliphatic heterocycles. The van der Waals surface area contributed by atoms with Crippen molar-refractivity contribution in [3.05, 3.63) is 29.8 Å². The third-order valence-corrected chi connectivity index (χ3v) is 3.11. The van der Waals surface area contributed by atoms with Crippen molar-refractivity contribution in [1.82, 2.24) is 15.0 Å². The van der Waals surface area contributed by atoms with Gasteiger partial charge in [-0.2, -0.15) is 15.0 Å². The molecule has 0 radical (unpaired) electrons. The molecule has 0 atom stereocenters. The molecule has 0 fully saturated rings. The molecule has 112 valence electrons. The van der Waals surface area contributed by atoms with Gasteiger partial charge in [-0.1, -0.05) is 17.7 Å². The Labute approximate surface area is 124 Å². The Hall–Kier alpha value is -2.41. The molecule has 7 heteroatoms. The maximum atomic E-state index is 5.43. The minimum Gasteiger partial charge on any atom is -0.341 e. The van der Waals surface area contributed by atoms with Gasteiger partial charge in [0.1, 0.15) is 0 Å². The molecule has 1 heterocycles. The van der Waals surface area contributed by atoms with Crippen LogP contribution in [0.3, 0.4) is 0 Å². The highest BCUT2D eigenvalue weighted by Crippen LogP contribution is 2.17. The SMILES string of the molecule is CCN(CC)c1nc(NN)nc(Nc2ccc(C)cc2)n1. The van der Waals surface area contributed by atoms with Gasteiger partial charge in [0.2, 0.25) is 17.8 Å².